The Hall–Kier alpha value is -0.880. The molecule has 1 heterocycles. The molecule has 0 bridgehead atoms. The lowest BCUT2D eigenvalue weighted by Gasteiger charge is -1.94. The Morgan fingerprint density at radius 3 is 3.50 bits per heavy atom. The lowest BCUT2D eigenvalue weighted by Crippen LogP contribution is -1.92. The molecule has 0 aromatic rings. The molecule has 0 N–H and O–H groups in total. The van der Waals surface area contributed by atoms with Crippen molar-refractivity contribution < 1.29 is 0 Å². The maximum absolute atomic E-state index is 4.04. The van der Waals surface area contributed by atoms with Gasteiger partial charge in [-0.15, -0.1) is 0 Å². The van der Waals surface area contributed by atoms with Gasteiger partial charge in [0.1, 0.15) is 6.34 Å². The van der Waals surface area contributed by atoms with Gasteiger partial charge in [-0.2, -0.15) is 4.99 Å². The first-order valence-corrected chi connectivity index (χ1v) is 2.68. The molecule has 0 aliphatic carbocycles. The highest BCUT2D eigenvalue weighted by Gasteiger charge is 1.93. The lowest BCUT2D eigenvalue weighted by atomic mass is 10.2. The van der Waals surface area contributed by atoms with Crippen LogP contribution in [0.15, 0.2) is 16.1 Å². The van der Waals surface area contributed by atoms with Crippen molar-refractivity contribution in [1.29, 1.82) is 0 Å². The molecule has 2 heteroatoms. The summed E-state index contributed by atoms with van der Waals surface area (Å²) in [7, 11) is 0. The predicted molar refractivity (Wildman–Crippen MR) is 34.6 cm³/mol. The van der Waals surface area contributed by atoms with Crippen molar-refractivity contribution in [3.05, 3.63) is 6.08 Å². The molecule has 1 aliphatic rings. The van der Waals surface area contributed by atoms with Gasteiger partial charge in [0.2, 0.25) is 0 Å². The second-order valence-corrected chi connectivity index (χ2v) is 1.81. The fraction of sp³-hybridized carbons (Fsp3) is 0.500. The molecule has 0 saturated heterocycles. The van der Waals surface area contributed by atoms with Crippen LogP contribution in [0.25, 0.3) is 0 Å². The summed E-state index contributed by atoms with van der Waals surface area (Å²) < 4.78 is 0. The smallest absolute Gasteiger partial charge is 0.120 e. The van der Waals surface area contributed by atoms with Crippen LogP contribution in [0.1, 0.15) is 13.3 Å². The number of nitrogens with zero attached hydrogens (tertiary/aromatic N) is 2. The molecular weight excluding hydrogens is 100 g/mol. The van der Waals surface area contributed by atoms with Crippen molar-refractivity contribution in [3.8, 4) is 0 Å². The molecule has 42 valence electrons. The zero-order valence-corrected chi connectivity index (χ0v) is 4.83. The topological polar surface area (TPSA) is 24.7 Å². The predicted octanol–water partition coefficient (Wildman–Crippen LogP) is 1.03. The first kappa shape index (κ1) is 5.26. The van der Waals surface area contributed by atoms with Crippen LogP contribution in [0.5, 0.6) is 0 Å². The van der Waals surface area contributed by atoms with Gasteiger partial charge >= 0.3 is 0 Å². The summed E-state index contributed by atoms with van der Waals surface area (Å²) in [6.07, 6.45) is 4.41. The Labute approximate surface area is 48.7 Å². The van der Waals surface area contributed by atoms with Gasteiger partial charge < -0.3 is 0 Å². The van der Waals surface area contributed by atoms with E-state index in [4.69, 9.17) is 0 Å². The highest BCUT2D eigenvalue weighted by atomic mass is 14.9. The monoisotopic (exact) mass is 108 g/mol. The Morgan fingerprint density at radius 2 is 2.62 bits per heavy atom. The third-order valence-electron chi connectivity index (χ3n) is 1.00. The highest BCUT2D eigenvalue weighted by molar-refractivity contribution is 5.70. The summed E-state index contributed by atoms with van der Waals surface area (Å²) in [5.41, 5.74) is 0. The molecule has 0 aromatic heterocycles. The third kappa shape index (κ3) is 1.32. The van der Waals surface area contributed by atoms with E-state index in [9.17, 15) is 0 Å². The minimum atomic E-state index is 0.383. The van der Waals surface area contributed by atoms with Crippen LogP contribution in [0.4, 0.5) is 0 Å². The van der Waals surface area contributed by atoms with Gasteiger partial charge in [-0.25, -0.2) is 0 Å². The van der Waals surface area contributed by atoms with E-state index in [1.165, 1.54) is 0 Å². The van der Waals surface area contributed by atoms with Crippen molar-refractivity contribution in [3.63, 3.8) is 0 Å². The van der Waals surface area contributed by atoms with Crippen LogP contribution < -0.4 is 0 Å². The Kier molecular flexibility index (Phi) is 1.60. The molecule has 0 amide bonds. The Morgan fingerprint density at radius 1 is 1.75 bits per heavy atom. The van der Waals surface area contributed by atoms with E-state index in [1.807, 2.05) is 6.08 Å². The first-order chi connectivity index (χ1) is 3.89. The van der Waals surface area contributed by atoms with Crippen LogP contribution in [-0.2, 0) is 0 Å². The zero-order chi connectivity index (χ0) is 5.82. The number of hydrogen-bond donors (Lipinski definition) is 0. The summed E-state index contributed by atoms with van der Waals surface area (Å²) in [5.74, 6) is 2.73. The maximum Gasteiger partial charge on any atom is 0.120 e. The summed E-state index contributed by atoms with van der Waals surface area (Å²) in [6.45, 7) is 2.05. The zero-order valence-electron chi connectivity index (χ0n) is 4.83. The van der Waals surface area contributed by atoms with E-state index >= 15 is 0 Å². The van der Waals surface area contributed by atoms with E-state index in [0.717, 1.165) is 6.42 Å². The van der Waals surface area contributed by atoms with Gasteiger partial charge in [0.05, 0.1) is 6.04 Å². The SMILES string of the molecule is CC1CC=C=NC=N1. The van der Waals surface area contributed by atoms with E-state index < -0.39 is 0 Å². The van der Waals surface area contributed by atoms with E-state index in [1.54, 1.807) is 6.34 Å². The highest BCUT2D eigenvalue weighted by Crippen LogP contribution is 1.96. The lowest BCUT2D eigenvalue weighted by molar-refractivity contribution is 0.767. The molecule has 0 radical (unpaired) electrons. The summed E-state index contributed by atoms with van der Waals surface area (Å²) in [4.78, 5) is 7.76. The van der Waals surface area contributed by atoms with Gasteiger partial charge in [0.15, 0.2) is 0 Å². The second-order valence-electron chi connectivity index (χ2n) is 1.81. The first-order valence-electron chi connectivity index (χ1n) is 2.68. The average Bonchev–Trinajstić information content (AvgIpc) is 1.94. The molecule has 0 saturated carbocycles. The standard InChI is InChI=1S/C6H8N2/c1-6-3-2-4-7-5-8-6/h2,5-6H,3H2,1H3. The minimum absolute atomic E-state index is 0.383. The normalized spacial score (nSPS) is 25.9. The van der Waals surface area contributed by atoms with Gasteiger partial charge in [-0.05, 0) is 25.3 Å². The van der Waals surface area contributed by atoms with Crippen LogP contribution >= 0.6 is 0 Å². The molecule has 2 nitrogen and oxygen atoms in total. The average molecular weight is 108 g/mol. The van der Waals surface area contributed by atoms with Gasteiger partial charge in [-0.1, -0.05) is 0 Å². The van der Waals surface area contributed by atoms with Crippen LogP contribution in [0, 0.1) is 0 Å². The molecule has 1 rings (SSSR count). The molecule has 0 spiro atoms. The number of aliphatic imine (C=N–C) groups is 2. The number of hydrogen-bond acceptors (Lipinski definition) is 2. The van der Waals surface area contributed by atoms with Crippen molar-refractivity contribution in [2.75, 3.05) is 0 Å². The summed E-state index contributed by atoms with van der Waals surface area (Å²) in [5, 5.41) is 0. The van der Waals surface area contributed by atoms with Crippen molar-refractivity contribution in [2.45, 2.75) is 19.4 Å². The number of rotatable bonds is 0. The summed E-state index contributed by atoms with van der Waals surface area (Å²) >= 11 is 0. The van der Waals surface area contributed by atoms with Gasteiger partial charge in [-0.3, -0.25) is 4.99 Å². The molecule has 0 fully saturated rings. The van der Waals surface area contributed by atoms with Gasteiger partial charge in [0, 0.05) is 0 Å². The van der Waals surface area contributed by atoms with Gasteiger partial charge in [0.25, 0.3) is 0 Å². The van der Waals surface area contributed by atoms with E-state index in [2.05, 4.69) is 22.8 Å². The second kappa shape index (κ2) is 2.43. The van der Waals surface area contributed by atoms with E-state index in [-0.39, 0.29) is 0 Å². The van der Waals surface area contributed by atoms with Crippen molar-refractivity contribution >= 4 is 12.2 Å². The van der Waals surface area contributed by atoms with Crippen molar-refractivity contribution in [1.82, 2.24) is 0 Å². The Balaban J connectivity index is 2.66. The van der Waals surface area contributed by atoms with E-state index in [0.29, 0.717) is 6.04 Å². The van der Waals surface area contributed by atoms with Crippen LogP contribution in [-0.4, -0.2) is 18.3 Å². The maximum atomic E-state index is 4.04. The molecule has 1 atom stereocenters. The molecule has 0 aromatic carbocycles. The molecule has 1 aliphatic heterocycles. The quantitative estimate of drug-likeness (QED) is 0.443. The summed E-state index contributed by atoms with van der Waals surface area (Å²) in [6, 6.07) is 0.383. The minimum Gasteiger partial charge on any atom is -0.269 e. The Bertz CT molecular complexity index is 152. The van der Waals surface area contributed by atoms with Crippen molar-refractivity contribution in [2.24, 2.45) is 9.98 Å². The molecule has 8 heavy (non-hydrogen) atoms. The van der Waals surface area contributed by atoms with Crippen LogP contribution in [0.3, 0.4) is 0 Å². The fourth-order valence-corrected chi connectivity index (χ4v) is 0.517. The molecule has 1 unspecified atom stereocenters. The third-order valence-corrected chi connectivity index (χ3v) is 1.00. The fourth-order valence-electron chi connectivity index (χ4n) is 0.517. The molecular formula is C6H8N2. The largest absolute Gasteiger partial charge is 0.269 e. The van der Waals surface area contributed by atoms with Crippen LogP contribution in [0.2, 0.25) is 0 Å².